The fourth-order valence-electron chi connectivity index (χ4n) is 5.42. The van der Waals surface area contributed by atoms with Gasteiger partial charge in [-0.3, -0.25) is 4.79 Å². The molecule has 2 aliphatic rings. The number of nitrogens with zero attached hydrogens (tertiary/aromatic N) is 1. The van der Waals surface area contributed by atoms with Crippen molar-refractivity contribution in [2.75, 3.05) is 20.2 Å². The van der Waals surface area contributed by atoms with Crippen molar-refractivity contribution in [3.8, 4) is 0 Å². The maximum absolute atomic E-state index is 14.0. The fraction of sp³-hybridized carbons (Fsp3) is 0.333. The number of carbonyl (C=O) groups is 2. The number of likely N-dealkylation sites (tertiary alicyclic amines) is 1. The maximum Gasteiger partial charge on any atom is 0.328 e. The third kappa shape index (κ3) is 5.15. The molecule has 1 saturated heterocycles. The van der Waals surface area contributed by atoms with Gasteiger partial charge in [0, 0.05) is 12.6 Å². The molecule has 1 amide bonds. The predicted octanol–water partition coefficient (Wildman–Crippen LogP) is 4.35. The highest BCUT2D eigenvalue weighted by molar-refractivity contribution is 5.91. The molecule has 1 aliphatic carbocycles. The topological polar surface area (TPSA) is 58.6 Å². The Bertz CT molecular complexity index is 1100. The van der Waals surface area contributed by atoms with Gasteiger partial charge in [-0.05, 0) is 47.9 Å². The molecule has 1 heterocycles. The highest BCUT2D eigenvalue weighted by Crippen LogP contribution is 2.47. The average Bonchev–Trinajstić information content (AvgIpc) is 3.57. The molecule has 5 heteroatoms. The molecular weight excluding hydrogens is 436 g/mol. The first kappa shape index (κ1) is 23.3. The van der Waals surface area contributed by atoms with Crippen LogP contribution in [0.25, 0.3) is 0 Å². The number of hydrogen-bond donors (Lipinski definition) is 1. The Labute approximate surface area is 207 Å². The summed E-state index contributed by atoms with van der Waals surface area (Å²) in [5.74, 6) is 0.320. The van der Waals surface area contributed by atoms with E-state index in [4.69, 9.17) is 4.74 Å². The van der Waals surface area contributed by atoms with Crippen molar-refractivity contribution in [2.24, 2.45) is 5.92 Å². The standard InChI is InChI=1S/C30H32N2O3/c1-35-30(34)27-18-25(31-19-24-17-26(24)21-11-5-2-6-12-21)20-32(27)29(33)28(22-13-7-3-8-14-22)23-15-9-4-10-16-23/h2-16,24-28,31H,17-20H2,1H3/t24-,25-,26?,27-/m0/s1. The van der Waals surface area contributed by atoms with Gasteiger partial charge in [0.1, 0.15) is 6.04 Å². The van der Waals surface area contributed by atoms with E-state index in [1.807, 2.05) is 66.7 Å². The molecule has 35 heavy (non-hydrogen) atoms. The van der Waals surface area contributed by atoms with Crippen LogP contribution >= 0.6 is 0 Å². The van der Waals surface area contributed by atoms with Crippen molar-refractivity contribution in [3.63, 3.8) is 0 Å². The first-order valence-electron chi connectivity index (χ1n) is 12.4. The largest absolute Gasteiger partial charge is 0.467 e. The molecule has 1 aliphatic heterocycles. The minimum absolute atomic E-state index is 0.0596. The third-order valence-electron chi connectivity index (χ3n) is 7.39. The van der Waals surface area contributed by atoms with Crippen molar-refractivity contribution in [1.29, 1.82) is 0 Å². The molecule has 5 nitrogen and oxygen atoms in total. The van der Waals surface area contributed by atoms with Crippen LogP contribution in [0, 0.1) is 5.92 Å². The second-order valence-electron chi connectivity index (χ2n) is 9.64. The third-order valence-corrected chi connectivity index (χ3v) is 7.39. The Morgan fingerprint density at radius 3 is 2.03 bits per heavy atom. The summed E-state index contributed by atoms with van der Waals surface area (Å²) in [5.41, 5.74) is 3.24. The summed E-state index contributed by atoms with van der Waals surface area (Å²) in [5, 5.41) is 3.65. The van der Waals surface area contributed by atoms with Crippen molar-refractivity contribution in [2.45, 2.75) is 36.8 Å². The SMILES string of the molecule is COC(=O)[C@@H]1C[C@H](NC[C@@H]2CC2c2ccccc2)CN1C(=O)C(c1ccccc1)c1ccccc1. The van der Waals surface area contributed by atoms with Crippen LogP contribution in [0.1, 0.15) is 41.4 Å². The molecule has 5 rings (SSSR count). The molecule has 3 aromatic rings. The zero-order valence-corrected chi connectivity index (χ0v) is 20.0. The molecule has 1 N–H and O–H groups in total. The van der Waals surface area contributed by atoms with Crippen molar-refractivity contribution in [3.05, 3.63) is 108 Å². The molecule has 0 spiro atoms. The van der Waals surface area contributed by atoms with E-state index in [1.165, 1.54) is 19.1 Å². The zero-order valence-electron chi connectivity index (χ0n) is 20.0. The molecule has 0 aromatic heterocycles. The second kappa shape index (κ2) is 10.4. The number of rotatable bonds is 8. The van der Waals surface area contributed by atoms with Crippen LogP contribution in [0.5, 0.6) is 0 Å². The van der Waals surface area contributed by atoms with Crippen molar-refractivity contribution >= 4 is 11.9 Å². The molecule has 1 saturated carbocycles. The molecule has 3 aromatic carbocycles. The molecule has 1 unspecified atom stereocenters. The van der Waals surface area contributed by atoms with E-state index in [9.17, 15) is 9.59 Å². The van der Waals surface area contributed by atoms with Crippen LogP contribution in [0.2, 0.25) is 0 Å². The van der Waals surface area contributed by atoms with E-state index in [-0.39, 0.29) is 17.9 Å². The quantitative estimate of drug-likeness (QED) is 0.499. The highest BCUT2D eigenvalue weighted by atomic mass is 16.5. The Kier molecular flexibility index (Phi) is 6.96. The lowest BCUT2D eigenvalue weighted by Crippen LogP contribution is -2.44. The van der Waals surface area contributed by atoms with Crippen LogP contribution in [0.3, 0.4) is 0 Å². The molecule has 0 bridgehead atoms. The highest BCUT2D eigenvalue weighted by Gasteiger charge is 2.44. The lowest BCUT2D eigenvalue weighted by molar-refractivity contribution is -0.151. The minimum atomic E-state index is -0.580. The van der Waals surface area contributed by atoms with Gasteiger partial charge in [-0.1, -0.05) is 91.0 Å². The molecule has 2 fully saturated rings. The van der Waals surface area contributed by atoms with Gasteiger partial charge < -0.3 is 15.0 Å². The number of amides is 1. The Hall–Kier alpha value is -3.44. The Morgan fingerprint density at radius 2 is 1.46 bits per heavy atom. The second-order valence-corrected chi connectivity index (χ2v) is 9.64. The van der Waals surface area contributed by atoms with Crippen molar-refractivity contribution < 1.29 is 14.3 Å². The number of nitrogens with one attached hydrogen (secondary N) is 1. The number of ether oxygens (including phenoxy) is 1. The van der Waals surface area contributed by atoms with Gasteiger partial charge in [0.25, 0.3) is 0 Å². The van der Waals surface area contributed by atoms with Gasteiger partial charge in [-0.2, -0.15) is 0 Å². The van der Waals surface area contributed by atoms with Crippen LogP contribution in [0.4, 0.5) is 0 Å². The first-order valence-corrected chi connectivity index (χ1v) is 12.4. The van der Waals surface area contributed by atoms with E-state index in [1.54, 1.807) is 4.90 Å². The van der Waals surface area contributed by atoms with Crippen LogP contribution in [-0.4, -0.2) is 49.1 Å². The summed E-state index contributed by atoms with van der Waals surface area (Å²) in [6, 6.07) is 29.7. The van der Waals surface area contributed by atoms with E-state index in [0.717, 1.165) is 17.7 Å². The Morgan fingerprint density at radius 1 is 0.886 bits per heavy atom. The van der Waals surface area contributed by atoms with Gasteiger partial charge in [0.15, 0.2) is 0 Å². The van der Waals surface area contributed by atoms with E-state index in [2.05, 4.69) is 29.6 Å². The summed E-state index contributed by atoms with van der Waals surface area (Å²) in [7, 11) is 1.40. The molecule has 4 atom stereocenters. The number of esters is 1. The molecule has 0 radical (unpaired) electrons. The summed E-state index contributed by atoms with van der Waals surface area (Å²) >= 11 is 0. The summed E-state index contributed by atoms with van der Waals surface area (Å²) in [4.78, 5) is 28.4. The van der Waals surface area contributed by atoms with E-state index >= 15 is 0 Å². The smallest absolute Gasteiger partial charge is 0.328 e. The maximum atomic E-state index is 14.0. The lowest BCUT2D eigenvalue weighted by Gasteiger charge is -2.28. The fourth-order valence-corrected chi connectivity index (χ4v) is 5.42. The number of benzene rings is 3. The summed E-state index contributed by atoms with van der Waals surface area (Å²) in [6.07, 6.45) is 1.74. The van der Waals surface area contributed by atoms with Crippen LogP contribution < -0.4 is 5.32 Å². The normalized spacial score (nSPS) is 23.3. The van der Waals surface area contributed by atoms with Gasteiger partial charge in [0.05, 0.1) is 13.0 Å². The van der Waals surface area contributed by atoms with E-state index in [0.29, 0.717) is 24.8 Å². The van der Waals surface area contributed by atoms with Gasteiger partial charge in [-0.15, -0.1) is 0 Å². The monoisotopic (exact) mass is 468 g/mol. The van der Waals surface area contributed by atoms with Crippen molar-refractivity contribution in [1.82, 2.24) is 10.2 Å². The zero-order chi connectivity index (χ0) is 24.2. The van der Waals surface area contributed by atoms with Gasteiger partial charge in [-0.25, -0.2) is 4.79 Å². The van der Waals surface area contributed by atoms with Gasteiger partial charge in [0.2, 0.25) is 5.91 Å². The predicted molar refractivity (Wildman–Crippen MR) is 136 cm³/mol. The number of methoxy groups -OCH3 is 1. The summed E-state index contributed by atoms with van der Waals surface area (Å²) in [6.45, 7) is 1.39. The minimum Gasteiger partial charge on any atom is -0.467 e. The average molecular weight is 469 g/mol. The molecular formula is C30H32N2O3. The lowest BCUT2D eigenvalue weighted by atomic mass is 9.90. The number of hydrogen-bond acceptors (Lipinski definition) is 4. The van der Waals surface area contributed by atoms with Crippen LogP contribution in [-0.2, 0) is 14.3 Å². The Balaban J connectivity index is 1.31. The van der Waals surface area contributed by atoms with Gasteiger partial charge >= 0.3 is 5.97 Å². The van der Waals surface area contributed by atoms with Crippen LogP contribution in [0.15, 0.2) is 91.0 Å². The summed E-state index contributed by atoms with van der Waals surface area (Å²) < 4.78 is 5.11. The van der Waals surface area contributed by atoms with E-state index < -0.39 is 12.0 Å². The number of carbonyl (C=O) groups excluding carboxylic acids is 2. The molecule has 180 valence electrons. The first-order chi connectivity index (χ1) is 17.2.